The van der Waals surface area contributed by atoms with E-state index in [0.717, 1.165) is 10.9 Å². The molecule has 1 amide bonds. The number of nitrogens with zero attached hydrogens (tertiary/aromatic N) is 2. The van der Waals surface area contributed by atoms with Crippen LogP contribution in [0.1, 0.15) is 10.4 Å². The molecule has 3 rings (SSSR count). The van der Waals surface area contributed by atoms with E-state index in [9.17, 15) is 9.59 Å². The predicted molar refractivity (Wildman–Crippen MR) is 104 cm³/mol. The third kappa shape index (κ3) is 2.79. The number of hydrogen-bond donors (Lipinski definition) is 1. The van der Waals surface area contributed by atoms with Crippen molar-refractivity contribution in [1.29, 1.82) is 0 Å². The molecule has 0 aliphatic carbocycles. The molecule has 0 radical (unpaired) electrons. The maximum Gasteiger partial charge on any atom is 0.265 e. The molecular weight excluding hydrogens is 330 g/mol. The zero-order valence-corrected chi connectivity index (χ0v) is 15.2. The second kappa shape index (κ2) is 6.92. The molecule has 1 N–H and O–H groups in total. The van der Waals surface area contributed by atoms with Crippen LogP contribution < -0.4 is 20.5 Å². The van der Waals surface area contributed by atoms with E-state index in [1.54, 1.807) is 34.3 Å². The maximum absolute atomic E-state index is 13.1. The van der Waals surface area contributed by atoms with Gasteiger partial charge in [-0.25, -0.2) is 0 Å². The number of aromatic nitrogens is 1. The Bertz CT molecular complexity index is 1030. The van der Waals surface area contributed by atoms with E-state index < -0.39 is 0 Å². The van der Waals surface area contributed by atoms with Crippen LogP contribution in [0.3, 0.4) is 0 Å². The summed E-state index contributed by atoms with van der Waals surface area (Å²) in [6, 6.07) is 14.6. The molecule has 0 atom stereocenters. The molecule has 0 aliphatic rings. The van der Waals surface area contributed by atoms with Gasteiger partial charge in [0, 0.05) is 32.2 Å². The molecule has 0 bridgehead atoms. The first-order valence-electron chi connectivity index (χ1n) is 8.21. The van der Waals surface area contributed by atoms with Crippen molar-refractivity contribution in [3.8, 4) is 5.75 Å². The fourth-order valence-corrected chi connectivity index (χ4v) is 3.05. The van der Waals surface area contributed by atoms with Gasteiger partial charge < -0.3 is 19.5 Å². The van der Waals surface area contributed by atoms with Crippen LogP contribution in [0.4, 0.5) is 11.4 Å². The summed E-state index contributed by atoms with van der Waals surface area (Å²) in [5.41, 5.74) is 1.68. The molecule has 0 spiro atoms. The Morgan fingerprint density at radius 3 is 2.46 bits per heavy atom. The molecule has 6 nitrogen and oxygen atoms in total. The van der Waals surface area contributed by atoms with Gasteiger partial charge in [-0.05, 0) is 30.3 Å². The number of anilines is 2. The summed E-state index contributed by atoms with van der Waals surface area (Å²) in [6.45, 7) is 0. The average molecular weight is 351 g/mol. The van der Waals surface area contributed by atoms with E-state index in [2.05, 4.69) is 5.32 Å². The molecule has 3 aromatic rings. The van der Waals surface area contributed by atoms with Gasteiger partial charge >= 0.3 is 0 Å². The van der Waals surface area contributed by atoms with Gasteiger partial charge in [0.1, 0.15) is 11.3 Å². The van der Waals surface area contributed by atoms with Crippen molar-refractivity contribution >= 4 is 28.2 Å². The number of methoxy groups -OCH3 is 1. The average Bonchev–Trinajstić information content (AvgIpc) is 2.69. The lowest BCUT2D eigenvalue weighted by Crippen LogP contribution is -2.35. The molecule has 0 aliphatic heterocycles. The highest BCUT2D eigenvalue weighted by Gasteiger charge is 2.24. The van der Waals surface area contributed by atoms with Gasteiger partial charge in [0.05, 0.1) is 18.3 Å². The number of rotatable bonds is 4. The van der Waals surface area contributed by atoms with Crippen molar-refractivity contribution in [3.05, 3.63) is 64.4 Å². The smallest absolute Gasteiger partial charge is 0.265 e. The Labute approximate surface area is 151 Å². The second-order valence-corrected chi connectivity index (χ2v) is 5.95. The van der Waals surface area contributed by atoms with Crippen LogP contribution in [-0.4, -0.2) is 31.7 Å². The van der Waals surface area contributed by atoms with Crippen LogP contribution in [-0.2, 0) is 7.05 Å². The summed E-state index contributed by atoms with van der Waals surface area (Å²) in [4.78, 5) is 27.6. The standard InChI is InChI=1S/C20H21N3O3/c1-21-18-15-12-14(26-4)10-11-16(15)23(3)20(25)17(18)19(24)22(2)13-8-6-5-7-9-13/h5-12,21H,1-4H3. The number of ether oxygens (including phenoxy) is 1. The Hall–Kier alpha value is -3.28. The van der Waals surface area contributed by atoms with Crippen molar-refractivity contribution in [2.45, 2.75) is 0 Å². The Morgan fingerprint density at radius 2 is 1.85 bits per heavy atom. The van der Waals surface area contributed by atoms with Crippen LogP contribution in [0.2, 0.25) is 0 Å². The van der Waals surface area contributed by atoms with Crippen LogP contribution >= 0.6 is 0 Å². The lowest BCUT2D eigenvalue weighted by Gasteiger charge is -2.21. The number of amides is 1. The quantitative estimate of drug-likeness (QED) is 0.785. The molecule has 0 fully saturated rings. The molecule has 0 saturated carbocycles. The predicted octanol–water partition coefficient (Wildman–Crippen LogP) is 2.87. The van der Waals surface area contributed by atoms with E-state index in [1.165, 1.54) is 9.47 Å². The van der Waals surface area contributed by atoms with Crippen LogP contribution in [0.25, 0.3) is 10.9 Å². The van der Waals surface area contributed by atoms with E-state index in [0.29, 0.717) is 17.1 Å². The number of carbonyl (C=O) groups excluding carboxylic acids is 1. The van der Waals surface area contributed by atoms with Crippen molar-refractivity contribution in [2.24, 2.45) is 7.05 Å². The minimum absolute atomic E-state index is 0.0992. The molecule has 26 heavy (non-hydrogen) atoms. The van der Waals surface area contributed by atoms with Gasteiger partial charge in [0.25, 0.3) is 11.5 Å². The molecule has 0 unspecified atom stereocenters. The molecule has 134 valence electrons. The largest absolute Gasteiger partial charge is 0.497 e. The topological polar surface area (TPSA) is 63.6 Å². The third-order valence-electron chi connectivity index (χ3n) is 4.51. The fraction of sp³-hybridized carbons (Fsp3) is 0.200. The Kier molecular flexibility index (Phi) is 4.67. The number of carbonyl (C=O) groups is 1. The number of fused-ring (bicyclic) bond motifs is 1. The van der Waals surface area contributed by atoms with Crippen LogP contribution in [0, 0.1) is 0 Å². The summed E-state index contributed by atoms with van der Waals surface area (Å²) in [5.74, 6) is 0.285. The molecular formula is C20H21N3O3. The lowest BCUT2D eigenvalue weighted by atomic mass is 10.1. The molecule has 2 aromatic carbocycles. The van der Waals surface area contributed by atoms with Crippen molar-refractivity contribution in [2.75, 3.05) is 31.4 Å². The van der Waals surface area contributed by atoms with Gasteiger partial charge in [0.2, 0.25) is 0 Å². The zero-order valence-electron chi connectivity index (χ0n) is 15.2. The number of para-hydroxylation sites is 1. The second-order valence-electron chi connectivity index (χ2n) is 5.95. The van der Waals surface area contributed by atoms with Crippen molar-refractivity contribution in [1.82, 2.24) is 4.57 Å². The number of hydrogen-bond acceptors (Lipinski definition) is 4. The monoisotopic (exact) mass is 351 g/mol. The van der Waals surface area contributed by atoms with E-state index in [1.807, 2.05) is 42.5 Å². The highest BCUT2D eigenvalue weighted by atomic mass is 16.5. The number of pyridine rings is 1. The summed E-state index contributed by atoms with van der Waals surface area (Å²) in [5, 5.41) is 3.78. The molecule has 6 heteroatoms. The van der Waals surface area contributed by atoms with Gasteiger partial charge in [-0.2, -0.15) is 0 Å². The summed E-state index contributed by atoms with van der Waals surface area (Å²) >= 11 is 0. The molecule has 1 heterocycles. The summed E-state index contributed by atoms with van der Waals surface area (Å²) in [6.07, 6.45) is 0. The minimum atomic E-state index is -0.370. The first-order chi connectivity index (χ1) is 12.5. The zero-order chi connectivity index (χ0) is 18.8. The fourth-order valence-electron chi connectivity index (χ4n) is 3.05. The number of aryl methyl sites for hydroxylation is 1. The minimum Gasteiger partial charge on any atom is -0.497 e. The maximum atomic E-state index is 13.1. The van der Waals surface area contributed by atoms with Gasteiger partial charge in [-0.15, -0.1) is 0 Å². The number of benzene rings is 2. The first-order valence-corrected chi connectivity index (χ1v) is 8.21. The highest BCUT2D eigenvalue weighted by Crippen LogP contribution is 2.29. The first kappa shape index (κ1) is 17.5. The van der Waals surface area contributed by atoms with Crippen molar-refractivity contribution in [3.63, 3.8) is 0 Å². The van der Waals surface area contributed by atoms with E-state index in [-0.39, 0.29) is 17.0 Å². The van der Waals surface area contributed by atoms with Gasteiger partial charge in [0.15, 0.2) is 0 Å². The lowest BCUT2D eigenvalue weighted by molar-refractivity contribution is 0.0992. The van der Waals surface area contributed by atoms with Crippen LogP contribution in [0.15, 0.2) is 53.3 Å². The summed E-state index contributed by atoms with van der Waals surface area (Å²) in [7, 11) is 6.60. The van der Waals surface area contributed by atoms with E-state index in [4.69, 9.17) is 4.74 Å². The third-order valence-corrected chi connectivity index (χ3v) is 4.51. The normalized spacial score (nSPS) is 10.6. The molecule has 1 aromatic heterocycles. The van der Waals surface area contributed by atoms with Crippen molar-refractivity contribution < 1.29 is 9.53 Å². The SMILES string of the molecule is CNc1c(C(=O)N(C)c2ccccc2)c(=O)n(C)c2ccc(OC)cc12. The van der Waals surface area contributed by atoms with Crippen LogP contribution in [0.5, 0.6) is 5.75 Å². The summed E-state index contributed by atoms with van der Waals surface area (Å²) < 4.78 is 6.79. The molecule has 0 saturated heterocycles. The Morgan fingerprint density at radius 1 is 1.15 bits per heavy atom. The Balaban J connectivity index is 2.26. The van der Waals surface area contributed by atoms with Gasteiger partial charge in [-0.3, -0.25) is 9.59 Å². The van der Waals surface area contributed by atoms with Gasteiger partial charge in [-0.1, -0.05) is 18.2 Å². The number of nitrogens with one attached hydrogen (secondary N) is 1. The highest BCUT2D eigenvalue weighted by molar-refractivity contribution is 6.13. The van der Waals surface area contributed by atoms with E-state index >= 15 is 0 Å².